The largest absolute Gasteiger partial charge is 0.294 e. The summed E-state index contributed by atoms with van der Waals surface area (Å²) in [6.45, 7) is 7.71. The molecular weight excluding hydrogens is 123 g/mol. The minimum absolute atomic E-state index is 0.201. The summed E-state index contributed by atoms with van der Waals surface area (Å²) in [6, 6.07) is 0. The Kier molecular flexibility index (Phi) is 2.88. The molecule has 1 nitrogen and oxygen atoms in total. The topological polar surface area (TPSA) is 17.1 Å². The van der Waals surface area contributed by atoms with Crippen molar-refractivity contribution in [3.63, 3.8) is 0 Å². The Hall–Kier alpha value is -0.525. The van der Waals surface area contributed by atoms with Gasteiger partial charge in [0.25, 0.3) is 0 Å². The second-order valence-electron chi connectivity index (χ2n) is 3.84. The lowest BCUT2D eigenvalue weighted by molar-refractivity contribution is -0.121. The van der Waals surface area contributed by atoms with E-state index in [4.69, 9.17) is 0 Å². The van der Waals surface area contributed by atoms with Gasteiger partial charge in [0.05, 0.1) is 0 Å². The molecule has 2 heteroatoms. The molecule has 0 aliphatic rings. The SMILES string of the molecule is B/C(C)=C/C(=O)C(C)(C)C. The molecular formula is C8H15BO. The van der Waals surface area contributed by atoms with E-state index in [0.717, 1.165) is 5.47 Å². The summed E-state index contributed by atoms with van der Waals surface area (Å²) in [4.78, 5) is 11.2. The average molecular weight is 138 g/mol. The summed E-state index contributed by atoms with van der Waals surface area (Å²) < 4.78 is 0. The second-order valence-corrected chi connectivity index (χ2v) is 3.84. The Labute approximate surface area is 63.9 Å². The first-order chi connectivity index (χ1) is 4.34. The van der Waals surface area contributed by atoms with Gasteiger partial charge in [0, 0.05) is 5.41 Å². The van der Waals surface area contributed by atoms with E-state index >= 15 is 0 Å². The van der Waals surface area contributed by atoms with Crippen LogP contribution in [-0.4, -0.2) is 13.6 Å². The molecule has 10 heavy (non-hydrogen) atoms. The first-order valence-corrected chi connectivity index (χ1v) is 3.53. The van der Waals surface area contributed by atoms with Crippen molar-refractivity contribution in [2.24, 2.45) is 5.41 Å². The summed E-state index contributed by atoms with van der Waals surface area (Å²) in [6.07, 6.45) is 1.69. The van der Waals surface area contributed by atoms with E-state index in [1.54, 1.807) is 6.08 Å². The molecule has 56 valence electrons. The molecule has 0 atom stereocenters. The zero-order valence-electron chi connectivity index (χ0n) is 7.49. The Balaban J connectivity index is 4.27. The molecule has 0 aliphatic carbocycles. The molecule has 0 saturated carbocycles. The molecule has 0 aromatic rings. The minimum Gasteiger partial charge on any atom is -0.294 e. The summed E-state index contributed by atoms with van der Waals surface area (Å²) >= 11 is 0. The van der Waals surface area contributed by atoms with E-state index in [2.05, 4.69) is 0 Å². The number of allylic oxidation sites excluding steroid dienone is 2. The monoisotopic (exact) mass is 138 g/mol. The van der Waals surface area contributed by atoms with Gasteiger partial charge in [-0.05, 0) is 6.08 Å². The van der Waals surface area contributed by atoms with Crippen LogP contribution in [0.5, 0.6) is 0 Å². The first-order valence-electron chi connectivity index (χ1n) is 3.53. The molecule has 0 radical (unpaired) electrons. The fourth-order valence-electron chi connectivity index (χ4n) is 0.479. The van der Waals surface area contributed by atoms with Gasteiger partial charge in [-0.15, -0.1) is 5.47 Å². The van der Waals surface area contributed by atoms with Gasteiger partial charge in [-0.3, -0.25) is 4.79 Å². The van der Waals surface area contributed by atoms with Crippen LogP contribution in [-0.2, 0) is 4.79 Å². The number of carbonyl (C=O) groups is 1. The van der Waals surface area contributed by atoms with E-state index in [1.165, 1.54) is 0 Å². The third-order valence-electron chi connectivity index (χ3n) is 1.16. The second kappa shape index (κ2) is 3.04. The number of hydrogen-bond acceptors (Lipinski definition) is 1. The maximum absolute atomic E-state index is 11.2. The van der Waals surface area contributed by atoms with Crippen LogP contribution < -0.4 is 0 Å². The molecule has 0 saturated heterocycles. The van der Waals surface area contributed by atoms with E-state index in [1.807, 2.05) is 35.5 Å². The lowest BCUT2D eigenvalue weighted by Crippen LogP contribution is -2.17. The van der Waals surface area contributed by atoms with Gasteiger partial charge in [-0.2, -0.15) is 0 Å². The van der Waals surface area contributed by atoms with Gasteiger partial charge in [-0.1, -0.05) is 27.7 Å². The van der Waals surface area contributed by atoms with Gasteiger partial charge >= 0.3 is 0 Å². The molecule has 0 amide bonds. The summed E-state index contributed by atoms with van der Waals surface area (Å²) in [5, 5.41) is 0. The van der Waals surface area contributed by atoms with Gasteiger partial charge in [0.1, 0.15) is 7.85 Å². The lowest BCUT2D eigenvalue weighted by Gasteiger charge is -2.13. The minimum atomic E-state index is -0.225. The fraction of sp³-hybridized carbons (Fsp3) is 0.625. The molecule has 0 unspecified atom stereocenters. The van der Waals surface area contributed by atoms with Crippen molar-refractivity contribution in [1.29, 1.82) is 0 Å². The van der Waals surface area contributed by atoms with Crippen molar-refractivity contribution in [3.8, 4) is 0 Å². The predicted molar refractivity (Wildman–Crippen MR) is 46.8 cm³/mol. The van der Waals surface area contributed by atoms with Gasteiger partial charge in [0.15, 0.2) is 5.78 Å². The first kappa shape index (κ1) is 9.47. The Morgan fingerprint density at radius 1 is 1.40 bits per heavy atom. The van der Waals surface area contributed by atoms with Crippen molar-refractivity contribution < 1.29 is 4.79 Å². The van der Waals surface area contributed by atoms with Gasteiger partial charge in [0.2, 0.25) is 0 Å². The molecule has 0 aromatic heterocycles. The van der Waals surface area contributed by atoms with Crippen LogP contribution in [0.4, 0.5) is 0 Å². The smallest absolute Gasteiger partial charge is 0.160 e. The number of rotatable bonds is 1. The normalized spacial score (nSPS) is 13.4. The van der Waals surface area contributed by atoms with Crippen molar-refractivity contribution in [1.82, 2.24) is 0 Å². The van der Waals surface area contributed by atoms with Crippen molar-refractivity contribution in [3.05, 3.63) is 11.5 Å². The van der Waals surface area contributed by atoms with Crippen LogP contribution in [0.25, 0.3) is 0 Å². The van der Waals surface area contributed by atoms with Crippen LogP contribution in [0.3, 0.4) is 0 Å². The third-order valence-corrected chi connectivity index (χ3v) is 1.16. The molecule has 0 aromatic carbocycles. The quantitative estimate of drug-likeness (QED) is 0.392. The van der Waals surface area contributed by atoms with Crippen molar-refractivity contribution in [2.75, 3.05) is 0 Å². The van der Waals surface area contributed by atoms with Gasteiger partial charge < -0.3 is 0 Å². The fourth-order valence-corrected chi connectivity index (χ4v) is 0.479. The molecule has 0 heterocycles. The van der Waals surface area contributed by atoms with Crippen LogP contribution >= 0.6 is 0 Å². The summed E-state index contributed by atoms with van der Waals surface area (Å²) in [5.41, 5.74) is 0.844. The van der Waals surface area contributed by atoms with Crippen molar-refractivity contribution >= 4 is 13.6 Å². The van der Waals surface area contributed by atoms with E-state index in [9.17, 15) is 4.79 Å². The number of ketones is 1. The summed E-state index contributed by atoms with van der Waals surface area (Å²) in [5.74, 6) is 0.201. The maximum Gasteiger partial charge on any atom is 0.160 e. The highest BCUT2D eigenvalue weighted by Gasteiger charge is 2.17. The molecule has 0 rings (SSSR count). The van der Waals surface area contributed by atoms with Crippen molar-refractivity contribution in [2.45, 2.75) is 27.7 Å². The summed E-state index contributed by atoms with van der Waals surface area (Å²) in [7, 11) is 1.93. The average Bonchev–Trinajstić information content (AvgIpc) is 1.60. The number of carbonyl (C=O) groups excluding carboxylic acids is 1. The van der Waals surface area contributed by atoms with Crippen LogP contribution in [0.1, 0.15) is 27.7 Å². The van der Waals surface area contributed by atoms with E-state index < -0.39 is 0 Å². The third kappa shape index (κ3) is 3.49. The standard InChI is InChI=1S/C8H15BO/c1-6(9)5-7(10)8(2,3)4/h5H,9H2,1-4H3/b6-5+. The molecule has 0 N–H and O–H groups in total. The Morgan fingerprint density at radius 2 is 1.80 bits per heavy atom. The van der Waals surface area contributed by atoms with E-state index in [0.29, 0.717) is 0 Å². The van der Waals surface area contributed by atoms with Crippen LogP contribution in [0, 0.1) is 5.41 Å². The van der Waals surface area contributed by atoms with E-state index in [-0.39, 0.29) is 11.2 Å². The van der Waals surface area contributed by atoms with Crippen LogP contribution in [0.2, 0.25) is 0 Å². The predicted octanol–water partition coefficient (Wildman–Crippen LogP) is 1.14. The van der Waals surface area contributed by atoms with Crippen LogP contribution in [0.15, 0.2) is 11.5 Å². The maximum atomic E-state index is 11.2. The molecule has 0 fully saturated rings. The molecule has 0 bridgehead atoms. The number of hydrogen-bond donors (Lipinski definition) is 0. The Bertz CT molecular complexity index is 159. The van der Waals surface area contributed by atoms with Gasteiger partial charge in [-0.25, -0.2) is 0 Å². The zero-order chi connectivity index (χ0) is 8.36. The lowest BCUT2D eigenvalue weighted by atomic mass is 9.86. The highest BCUT2D eigenvalue weighted by Crippen LogP contribution is 2.15. The highest BCUT2D eigenvalue weighted by molar-refractivity contribution is 6.23. The zero-order valence-corrected chi connectivity index (χ0v) is 7.49. The molecule has 0 aliphatic heterocycles. The Morgan fingerprint density at radius 3 is 1.90 bits per heavy atom. The highest BCUT2D eigenvalue weighted by atomic mass is 16.1. The molecule has 0 spiro atoms.